The maximum absolute atomic E-state index is 12.5. The summed E-state index contributed by atoms with van der Waals surface area (Å²) in [6.45, 7) is 3.09. The van der Waals surface area contributed by atoms with E-state index in [0.29, 0.717) is 5.69 Å². The van der Waals surface area contributed by atoms with Gasteiger partial charge >= 0.3 is 0 Å². The van der Waals surface area contributed by atoms with Crippen molar-refractivity contribution in [1.29, 1.82) is 0 Å². The zero-order valence-corrected chi connectivity index (χ0v) is 12.9. The Morgan fingerprint density at radius 3 is 2.59 bits per heavy atom. The Hall–Kier alpha value is -2.14. The fourth-order valence-electron chi connectivity index (χ4n) is 2.97. The van der Waals surface area contributed by atoms with E-state index in [9.17, 15) is 4.79 Å². The van der Waals surface area contributed by atoms with Crippen molar-refractivity contribution in [3.8, 4) is 0 Å². The summed E-state index contributed by atoms with van der Waals surface area (Å²) in [5.74, 6) is -0.0759. The second-order valence-electron chi connectivity index (χ2n) is 5.78. The molecule has 3 rings (SSSR count). The molecule has 0 bridgehead atoms. The SMILES string of the molecule is Cn1nccc1C(=O)N[C@H](CN1CCCC1)c1ccccc1. The van der Waals surface area contributed by atoms with E-state index in [4.69, 9.17) is 0 Å². The van der Waals surface area contributed by atoms with E-state index in [0.717, 1.165) is 25.2 Å². The number of carbonyl (C=O) groups is 1. The van der Waals surface area contributed by atoms with Crippen LogP contribution in [-0.4, -0.2) is 40.2 Å². The van der Waals surface area contributed by atoms with Gasteiger partial charge in [-0.1, -0.05) is 30.3 Å². The summed E-state index contributed by atoms with van der Waals surface area (Å²) in [5.41, 5.74) is 1.73. The van der Waals surface area contributed by atoms with Crippen LogP contribution in [0.2, 0.25) is 0 Å². The quantitative estimate of drug-likeness (QED) is 0.918. The van der Waals surface area contributed by atoms with Crippen molar-refractivity contribution < 1.29 is 4.79 Å². The van der Waals surface area contributed by atoms with Crippen molar-refractivity contribution in [3.63, 3.8) is 0 Å². The van der Waals surface area contributed by atoms with Crippen molar-refractivity contribution in [2.24, 2.45) is 7.05 Å². The average molecular weight is 298 g/mol. The van der Waals surface area contributed by atoms with E-state index in [-0.39, 0.29) is 11.9 Å². The lowest BCUT2D eigenvalue weighted by molar-refractivity contribution is 0.0917. The molecule has 22 heavy (non-hydrogen) atoms. The standard InChI is InChI=1S/C17H22N4O/c1-20-16(9-10-18-20)17(22)19-15(13-21-11-5-6-12-21)14-7-3-2-4-8-14/h2-4,7-10,15H,5-6,11-13H2,1H3,(H,19,22)/t15-/m1/s1. The molecule has 1 saturated heterocycles. The lowest BCUT2D eigenvalue weighted by Crippen LogP contribution is -2.37. The molecule has 1 aromatic heterocycles. The van der Waals surface area contributed by atoms with E-state index in [1.54, 1.807) is 24.0 Å². The molecule has 2 heterocycles. The van der Waals surface area contributed by atoms with Crippen molar-refractivity contribution in [3.05, 3.63) is 53.9 Å². The van der Waals surface area contributed by atoms with Crippen LogP contribution in [0.3, 0.4) is 0 Å². The second kappa shape index (κ2) is 6.75. The van der Waals surface area contributed by atoms with Gasteiger partial charge in [0, 0.05) is 19.8 Å². The van der Waals surface area contributed by atoms with Gasteiger partial charge in [0.25, 0.3) is 5.91 Å². The maximum Gasteiger partial charge on any atom is 0.270 e. The largest absolute Gasteiger partial charge is 0.343 e. The summed E-state index contributed by atoms with van der Waals surface area (Å²) in [4.78, 5) is 14.9. The summed E-state index contributed by atoms with van der Waals surface area (Å²) < 4.78 is 1.60. The van der Waals surface area contributed by atoms with E-state index in [2.05, 4.69) is 27.4 Å². The molecule has 0 unspecified atom stereocenters. The van der Waals surface area contributed by atoms with Crippen LogP contribution in [0.15, 0.2) is 42.6 Å². The van der Waals surface area contributed by atoms with E-state index >= 15 is 0 Å². The third-order valence-corrected chi connectivity index (χ3v) is 4.20. The van der Waals surface area contributed by atoms with E-state index in [1.165, 1.54) is 12.8 Å². The van der Waals surface area contributed by atoms with Crippen LogP contribution in [0.4, 0.5) is 0 Å². The number of aryl methyl sites for hydroxylation is 1. The topological polar surface area (TPSA) is 50.2 Å². The number of hydrogen-bond acceptors (Lipinski definition) is 3. The zero-order chi connectivity index (χ0) is 15.4. The minimum Gasteiger partial charge on any atom is -0.343 e. The smallest absolute Gasteiger partial charge is 0.270 e. The van der Waals surface area contributed by atoms with Crippen LogP contribution in [-0.2, 0) is 7.05 Å². The Labute approximate surface area is 130 Å². The van der Waals surface area contributed by atoms with Crippen molar-refractivity contribution >= 4 is 5.91 Å². The van der Waals surface area contributed by atoms with Gasteiger partial charge in [0.05, 0.1) is 6.04 Å². The van der Waals surface area contributed by atoms with Gasteiger partial charge in [0.15, 0.2) is 0 Å². The molecule has 2 aromatic rings. The predicted molar refractivity (Wildman–Crippen MR) is 85.5 cm³/mol. The first-order valence-corrected chi connectivity index (χ1v) is 7.80. The Bertz CT molecular complexity index is 617. The maximum atomic E-state index is 12.5. The molecule has 116 valence electrons. The molecule has 0 saturated carbocycles. The molecule has 0 aliphatic carbocycles. The number of carbonyl (C=O) groups excluding carboxylic acids is 1. The molecule has 1 aromatic carbocycles. The van der Waals surface area contributed by atoms with E-state index < -0.39 is 0 Å². The zero-order valence-electron chi connectivity index (χ0n) is 12.9. The van der Waals surface area contributed by atoms with Gasteiger partial charge in [-0.3, -0.25) is 9.48 Å². The highest BCUT2D eigenvalue weighted by molar-refractivity contribution is 5.92. The van der Waals surface area contributed by atoms with Crippen LogP contribution in [0.25, 0.3) is 0 Å². The first kappa shape index (κ1) is 14.8. The highest BCUT2D eigenvalue weighted by Crippen LogP contribution is 2.18. The van der Waals surface area contributed by atoms with Crippen molar-refractivity contribution in [2.45, 2.75) is 18.9 Å². The molecule has 1 atom stereocenters. The minimum absolute atomic E-state index is 0.00157. The summed E-state index contributed by atoms with van der Waals surface area (Å²) in [6.07, 6.45) is 4.14. The Morgan fingerprint density at radius 2 is 1.95 bits per heavy atom. The normalized spacial score (nSPS) is 16.6. The molecule has 1 N–H and O–H groups in total. The fraction of sp³-hybridized carbons (Fsp3) is 0.412. The number of rotatable bonds is 5. The lowest BCUT2D eigenvalue weighted by atomic mass is 10.1. The van der Waals surface area contributed by atoms with Gasteiger partial charge in [-0.2, -0.15) is 5.10 Å². The predicted octanol–water partition coefficient (Wildman–Crippen LogP) is 1.99. The average Bonchev–Trinajstić information content (AvgIpc) is 3.19. The van der Waals surface area contributed by atoms with Crippen LogP contribution >= 0.6 is 0 Å². The Kier molecular flexibility index (Phi) is 4.53. The number of aromatic nitrogens is 2. The van der Waals surface area contributed by atoms with Gasteiger partial charge in [-0.05, 0) is 37.6 Å². The van der Waals surface area contributed by atoms with Gasteiger partial charge in [0.2, 0.25) is 0 Å². The summed E-state index contributed by atoms with van der Waals surface area (Å²) in [7, 11) is 1.78. The van der Waals surface area contributed by atoms with Crippen LogP contribution in [0, 0.1) is 0 Å². The molecule has 1 amide bonds. The van der Waals surface area contributed by atoms with Crippen LogP contribution in [0.5, 0.6) is 0 Å². The highest BCUT2D eigenvalue weighted by Gasteiger charge is 2.22. The summed E-state index contributed by atoms with van der Waals surface area (Å²) >= 11 is 0. The number of benzene rings is 1. The third-order valence-electron chi connectivity index (χ3n) is 4.20. The monoisotopic (exact) mass is 298 g/mol. The van der Waals surface area contributed by atoms with Gasteiger partial charge in [0.1, 0.15) is 5.69 Å². The number of nitrogens with one attached hydrogen (secondary N) is 1. The molecule has 5 nitrogen and oxygen atoms in total. The molecule has 1 aliphatic heterocycles. The number of hydrogen-bond donors (Lipinski definition) is 1. The highest BCUT2D eigenvalue weighted by atomic mass is 16.2. The van der Waals surface area contributed by atoms with Crippen molar-refractivity contribution in [2.75, 3.05) is 19.6 Å². The van der Waals surface area contributed by atoms with Gasteiger partial charge < -0.3 is 10.2 Å². The van der Waals surface area contributed by atoms with Crippen molar-refractivity contribution in [1.82, 2.24) is 20.0 Å². The summed E-state index contributed by atoms with van der Waals surface area (Å²) in [6, 6.07) is 11.9. The van der Waals surface area contributed by atoms with Gasteiger partial charge in [-0.15, -0.1) is 0 Å². The lowest BCUT2D eigenvalue weighted by Gasteiger charge is -2.25. The van der Waals surface area contributed by atoms with Gasteiger partial charge in [-0.25, -0.2) is 0 Å². The molecule has 0 spiro atoms. The minimum atomic E-state index is -0.0759. The first-order chi connectivity index (χ1) is 10.7. The molecular formula is C17H22N4O. The fourth-order valence-corrected chi connectivity index (χ4v) is 2.97. The third kappa shape index (κ3) is 3.36. The van der Waals surface area contributed by atoms with E-state index in [1.807, 2.05) is 18.2 Å². The Morgan fingerprint density at radius 1 is 1.23 bits per heavy atom. The number of amides is 1. The molecule has 0 radical (unpaired) electrons. The number of nitrogens with zero attached hydrogens (tertiary/aromatic N) is 3. The molecule has 1 fully saturated rings. The second-order valence-corrected chi connectivity index (χ2v) is 5.78. The first-order valence-electron chi connectivity index (χ1n) is 7.80. The van der Waals surface area contributed by atoms with Crippen LogP contribution in [0.1, 0.15) is 34.9 Å². The Balaban J connectivity index is 1.76. The number of likely N-dealkylation sites (tertiary alicyclic amines) is 1. The summed E-state index contributed by atoms with van der Waals surface area (Å²) in [5, 5.41) is 7.23. The van der Waals surface area contributed by atoms with Crippen LogP contribution < -0.4 is 5.32 Å². The molecule has 1 aliphatic rings. The molecule has 5 heteroatoms. The molecular weight excluding hydrogens is 276 g/mol.